The Morgan fingerprint density at radius 3 is 2.78 bits per heavy atom. The summed E-state index contributed by atoms with van der Waals surface area (Å²) in [5.74, 6) is 0.700. The molecule has 0 saturated carbocycles. The highest BCUT2D eigenvalue weighted by Crippen LogP contribution is 2.29. The minimum atomic E-state index is -0.402. The number of halogens is 1. The Bertz CT molecular complexity index is 686. The van der Waals surface area contributed by atoms with Gasteiger partial charge in [0.15, 0.2) is 0 Å². The third kappa shape index (κ3) is 3.52. The molecule has 6 heteroatoms. The molecular formula is C17H23ClN2O3. The first kappa shape index (κ1) is 17.8. The molecule has 1 fully saturated rings. The summed E-state index contributed by atoms with van der Waals surface area (Å²) < 4.78 is 11.5. The molecule has 1 aromatic carbocycles. The quantitative estimate of drug-likeness (QED) is 0.898. The molecule has 5 nitrogen and oxygen atoms in total. The number of rotatable bonds is 4. The van der Waals surface area contributed by atoms with Crippen LogP contribution in [0.15, 0.2) is 28.7 Å². The molecule has 1 unspecified atom stereocenters. The van der Waals surface area contributed by atoms with Crippen molar-refractivity contribution in [3.05, 3.63) is 35.6 Å². The van der Waals surface area contributed by atoms with Gasteiger partial charge in [-0.1, -0.05) is 18.2 Å². The molecule has 3 rings (SSSR count). The number of hydrogen-bond acceptors (Lipinski definition) is 4. The predicted molar refractivity (Wildman–Crippen MR) is 91.7 cm³/mol. The number of aryl methyl sites for hydroxylation is 1. The lowest BCUT2D eigenvalue weighted by molar-refractivity contribution is -0.132. The van der Waals surface area contributed by atoms with E-state index in [1.807, 2.05) is 38.1 Å². The Kier molecular flexibility index (Phi) is 5.68. The van der Waals surface area contributed by atoms with Gasteiger partial charge in [-0.25, -0.2) is 0 Å². The van der Waals surface area contributed by atoms with Crippen LogP contribution in [-0.4, -0.2) is 24.7 Å². The van der Waals surface area contributed by atoms with Gasteiger partial charge in [0.05, 0.1) is 12.1 Å². The summed E-state index contributed by atoms with van der Waals surface area (Å²) in [5.41, 5.74) is 7.49. The molecule has 1 aliphatic heterocycles. The summed E-state index contributed by atoms with van der Waals surface area (Å²) in [5, 5.41) is 4.07. The monoisotopic (exact) mass is 338 g/mol. The third-order valence-corrected chi connectivity index (χ3v) is 4.30. The molecule has 0 bridgehead atoms. The van der Waals surface area contributed by atoms with Crippen LogP contribution in [0.2, 0.25) is 0 Å². The SMILES string of the molecule is Cc1c(C(C)NC(=O)[C@@H]2CC[C@H](CN)O2)oc2ccccc12.Cl. The maximum Gasteiger partial charge on any atom is 0.249 e. The van der Waals surface area contributed by atoms with Crippen molar-refractivity contribution in [3.8, 4) is 0 Å². The van der Waals surface area contributed by atoms with Gasteiger partial charge in [-0.2, -0.15) is 0 Å². The van der Waals surface area contributed by atoms with E-state index in [1.165, 1.54) is 0 Å². The summed E-state index contributed by atoms with van der Waals surface area (Å²) in [6.07, 6.45) is 1.16. The highest BCUT2D eigenvalue weighted by Gasteiger charge is 2.31. The predicted octanol–water partition coefficient (Wildman–Crippen LogP) is 2.85. The average Bonchev–Trinajstić information content (AvgIpc) is 3.12. The van der Waals surface area contributed by atoms with Crippen molar-refractivity contribution < 1.29 is 13.9 Å². The fraction of sp³-hybridized carbons (Fsp3) is 0.471. The van der Waals surface area contributed by atoms with Crippen molar-refractivity contribution in [1.29, 1.82) is 0 Å². The van der Waals surface area contributed by atoms with Crippen molar-refractivity contribution >= 4 is 29.3 Å². The van der Waals surface area contributed by atoms with Crippen LogP contribution >= 0.6 is 12.4 Å². The van der Waals surface area contributed by atoms with Gasteiger partial charge in [0, 0.05) is 17.5 Å². The first-order valence-corrected chi connectivity index (χ1v) is 7.74. The summed E-state index contributed by atoms with van der Waals surface area (Å²) in [6, 6.07) is 7.69. The molecule has 1 aliphatic rings. The van der Waals surface area contributed by atoms with E-state index in [0.717, 1.165) is 35.1 Å². The van der Waals surface area contributed by atoms with Gasteiger partial charge < -0.3 is 20.2 Å². The lowest BCUT2D eigenvalue weighted by Crippen LogP contribution is -2.37. The van der Waals surface area contributed by atoms with Crippen molar-refractivity contribution in [1.82, 2.24) is 5.32 Å². The van der Waals surface area contributed by atoms with Crippen molar-refractivity contribution in [2.24, 2.45) is 5.73 Å². The zero-order valence-corrected chi connectivity index (χ0v) is 14.2. The Hall–Kier alpha value is -1.56. The Morgan fingerprint density at radius 1 is 1.39 bits per heavy atom. The van der Waals surface area contributed by atoms with Gasteiger partial charge in [0.1, 0.15) is 17.4 Å². The van der Waals surface area contributed by atoms with E-state index in [-0.39, 0.29) is 30.5 Å². The van der Waals surface area contributed by atoms with E-state index < -0.39 is 6.10 Å². The first-order chi connectivity index (χ1) is 10.6. The molecule has 3 atom stereocenters. The molecule has 2 heterocycles. The van der Waals surface area contributed by atoms with Crippen molar-refractivity contribution in [2.75, 3.05) is 6.54 Å². The van der Waals surface area contributed by atoms with Crippen LogP contribution in [0.4, 0.5) is 0 Å². The van der Waals surface area contributed by atoms with Crippen LogP contribution < -0.4 is 11.1 Å². The van der Waals surface area contributed by atoms with Gasteiger partial charge in [0.2, 0.25) is 5.91 Å². The number of para-hydroxylation sites is 1. The average molecular weight is 339 g/mol. The molecule has 1 saturated heterocycles. The zero-order chi connectivity index (χ0) is 15.7. The summed E-state index contributed by atoms with van der Waals surface area (Å²) in [6.45, 7) is 4.40. The van der Waals surface area contributed by atoms with Crippen LogP contribution in [0.25, 0.3) is 11.0 Å². The number of carbonyl (C=O) groups excluding carboxylic acids is 1. The minimum absolute atomic E-state index is 0. The maximum absolute atomic E-state index is 12.3. The number of furan rings is 1. The number of fused-ring (bicyclic) bond motifs is 1. The van der Waals surface area contributed by atoms with Gasteiger partial charge >= 0.3 is 0 Å². The normalized spacial score (nSPS) is 21.9. The van der Waals surface area contributed by atoms with E-state index >= 15 is 0 Å². The van der Waals surface area contributed by atoms with Crippen LogP contribution in [0.3, 0.4) is 0 Å². The molecule has 0 spiro atoms. The minimum Gasteiger partial charge on any atom is -0.459 e. The van der Waals surface area contributed by atoms with Gasteiger partial charge in [-0.05, 0) is 32.8 Å². The number of nitrogens with two attached hydrogens (primary N) is 1. The lowest BCUT2D eigenvalue weighted by Gasteiger charge is -2.16. The number of benzene rings is 1. The van der Waals surface area contributed by atoms with E-state index in [0.29, 0.717) is 6.54 Å². The molecule has 1 amide bonds. The van der Waals surface area contributed by atoms with E-state index in [9.17, 15) is 4.79 Å². The van der Waals surface area contributed by atoms with Crippen molar-refractivity contribution in [3.63, 3.8) is 0 Å². The standard InChI is InChI=1S/C17H22N2O3.ClH/c1-10-13-5-3-4-6-14(13)22-16(10)11(2)19-17(20)15-8-7-12(9-18)21-15;/h3-6,11-12,15H,7-9,18H2,1-2H3,(H,19,20);1H/t11?,12-,15+;/m1./s1. The highest BCUT2D eigenvalue weighted by molar-refractivity contribution is 5.85. The molecule has 1 aromatic heterocycles. The molecule has 23 heavy (non-hydrogen) atoms. The Labute approximate surface area is 142 Å². The zero-order valence-electron chi connectivity index (χ0n) is 13.4. The van der Waals surface area contributed by atoms with Gasteiger partial charge in [-0.3, -0.25) is 4.79 Å². The van der Waals surface area contributed by atoms with Gasteiger partial charge in [-0.15, -0.1) is 12.4 Å². The van der Waals surface area contributed by atoms with E-state index in [4.69, 9.17) is 14.9 Å². The van der Waals surface area contributed by atoms with Crippen LogP contribution in [0.5, 0.6) is 0 Å². The Morgan fingerprint density at radius 2 is 2.13 bits per heavy atom. The van der Waals surface area contributed by atoms with Crippen LogP contribution in [0, 0.1) is 6.92 Å². The number of amides is 1. The summed E-state index contributed by atoms with van der Waals surface area (Å²) in [4.78, 5) is 12.3. The molecule has 0 radical (unpaired) electrons. The summed E-state index contributed by atoms with van der Waals surface area (Å²) >= 11 is 0. The number of nitrogens with one attached hydrogen (secondary N) is 1. The smallest absolute Gasteiger partial charge is 0.249 e. The molecule has 0 aliphatic carbocycles. The highest BCUT2D eigenvalue weighted by atomic mass is 35.5. The molecule has 3 N–H and O–H groups in total. The van der Waals surface area contributed by atoms with Crippen LogP contribution in [0.1, 0.15) is 37.1 Å². The number of hydrogen-bond donors (Lipinski definition) is 2. The second-order valence-electron chi connectivity index (χ2n) is 5.88. The van der Waals surface area contributed by atoms with E-state index in [1.54, 1.807) is 0 Å². The number of ether oxygens (including phenoxy) is 1. The molecule has 2 aromatic rings. The van der Waals surface area contributed by atoms with Crippen molar-refractivity contribution in [2.45, 2.75) is 44.9 Å². The third-order valence-electron chi connectivity index (χ3n) is 4.30. The second kappa shape index (κ2) is 7.34. The summed E-state index contributed by atoms with van der Waals surface area (Å²) in [7, 11) is 0. The van der Waals surface area contributed by atoms with E-state index in [2.05, 4.69) is 5.32 Å². The number of carbonyl (C=O) groups is 1. The fourth-order valence-electron chi connectivity index (χ4n) is 3.05. The second-order valence-corrected chi connectivity index (χ2v) is 5.88. The Balaban J connectivity index is 0.00000192. The largest absolute Gasteiger partial charge is 0.459 e. The maximum atomic E-state index is 12.3. The topological polar surface area (TPSA) is 77.5 Å². The van der Waals surface area contributed by atoms with Crippen LogP contribution in [-0.2, 0) is 9.53 Å². The molecule has 126 valence electrons. The fourth-order valence-corrected chi connectivity index (χ4v) is 3.05. The van der Waals surface area contributed by atoms with Gasteiger partial charge in [0.25, 0.3) is 0 Å². The molecular weight excluding hydrogens is 316 g/mol. The first-order valence-electron chi connectivity index (χ1n) is 7.74. The lowest BCUT2D eigenvalue weighted by atomic mass is 10.1.